The van der Waals surface area contributed by atoms with E-state index in [0.717, 1.165) is 26.6 Å². The number of hydrogen-bond donors (Lipinski definition) is 0. The van der Waals surface area contributed by atoms with Crippen LogP contribution in [-0.4, -0.2) is 30.3 Å². The predicted molar refractivity (Wildman–Crippen MR) is 116 cm³/mol. The molecular weight excluding hydrogens is 416 g/mol. The van der Waals surface area contributed by atoms with Gasteiger partial charge in [-0.3, -0.25) is 9.59 Å². The third-order valence-corrected chi connectivity index (χ3v) is 6.18. The van der Waals surface area contributed by atoms with Gasteiger partial charge >= 0.3 is 5.97 Å². The molecule has 0 radical (unpaired) electrons. The molecule has 0 fully saturated rings. The minimum atomic E-state index is -0.430. The first-order valence-corrected chi connectivity index (χ1v) is 10.5. The molecule has 1 aliphatic rings. The van der Waals surface area contributed by atoms with Gasteiger partial charge in [0.05, 0.1) is 23.7 Å². The summed E-state index contributed by atoms with van der Waals surface area (Å²) in [6.07, 6.45) is 0.163. The molecule has 0 N–H and O–H groups in total. The highest BCUT2D eigenvalue weighted by Crippen LogP contribution is 2.37. The Hall–Kier alpha value is -3.65. The largest absolute Gasteiger partial charge is 0.468 e. The summed E-state index contributed by atoms with van der Waals surface area (Å²) in [5.41, 5.74) is 1.64. The molecule has 0 bridgehead atoms. The van der Waals surface area contributed by atoms with E-state index in [1.54, 1.807) is 10.6 Å². The molecule has 5 rings (SSSR count). The van der Waals surface area contributed by atoms with Crippen molar-refractivity contribution in [2.75, 3.05) is 13.9 Å². The quantitative estimate of drug-likeness (QED) is 0.460. The standard InChI is InChI=1S/C23H18N2O5S/c1-28-22(27)12-25-17-10-18-19(30-13-29-18)11-20(17)31-23(25)24-21(26)9-15-7-4-6-14-5-2-3-8-16(14)15/h2-8,10-11H,9,12-13H2,1H3. The Morgan fingerprint density at radius 2 is 1.87 bits per heavy atom. The smallest absolute Gasteiger partial charge is 0.325 e. The second-order valence-corrected chi connectivity index (χ2v) is 8.05. The van der Waals surface area contributed by atoms with Crippen molar-refractivity contribution in [3.05, 3.63) is 65.0 Å². The molecule has 8 heteroatoms. The van der Waals surface area contributed by atoms with Crippen molar-refractivity contribution in [2.45, 2.75) is 13.0 Å². The van der Waals surface area contributed by atoms with Crippen molar-refractivity contribution >= 4 is 44.2 Å². The highest BCUT2D eigenvalue weighted by molar-refractivity contribution is 7.16. The summed E-state index contributed by atoms with van der Waals surface area (Å²) in [5.74, 6) is 0.507. The Morgan fingerprint density at radius 1 is 1.10 bits per heavy atom. The molecule has 1 aliphatic heterocycles. The molecular formula is C23H18N2O5S. The molecule has 7 nitrogen and oxygen atoms in total. The van der Waals surface area contributed by atoms with E-state index in [1.165, 1.54) is 18.4 Å². The lowest BCUT2D eigenvalue weighted by Gasteiger charge is -2.05. The number of methoxy groups -OCH3 is 1. The Morgan fingerprint density at radius 3 is 2.71 bits per heavy atom. The molecule has 1 aromatic heterocycles. The highest BCUT2D eigenvalue weighted by atomic mass is 32.1. The summed E-state index contributed by atoms with van der Waals surface area (Å²) < 4.78 is 18.2. The van der Waals surface area contributed by atoms with Gasteiger partial charge in [-0.05, 0) is 16.3 Å². The van der Waals surface area contributed by atoms with Crippen LogP contribution in [0.15, 0.2) is 59.6 Å². The van der Waals surface area contributed by atoms with Crippen molar-refractivity contribution in [1.82, 2.24) is 4.57 Å². The van der Waals surface area contributed by atoms with Crippen molar-refractivity contribution < 1.29 is 23.8 Å². The topological polar surface area (TPSA) is 79.1 Å². The first-order valence-electron chi connectivity index (χ1n) is 9.66. The van der Waals surface area contributed by atoms with Gasteiger partial charge in [0.15, 0.2) is 16.3 Å². The molecule has 1 amide bonds. The molecule has 4 aromatic rings. The first-order chi connectivity index (χ1) is 15.1. The fourth-order valence-corrected chi connectivity index (χ4v) is 4.70. The van der Waals surface area contributed by atoms with E-state index in [2.05, 4.69) is 4.99 Å². The van der Waals surface area contributed by atoms with Gasteiger partial charge in [-0.2, -0.15) is 4.99 Å². The first kappa shape index (κ1) is 19.3. The lowest BCUT2D eigenvalue weighted by Crippen LogP contribution is -2.22. The molecule has 2 heterocycles. The number of hydrogen-bond acceptors (Lipinski definition) is 6. The number of amides is 1. The summed E-state index contributed by atoms with van der Waals surface area (Å²) >= 11 is 1.32. The van der Waals surface area contributed by atoms with Crippen LogP contribution in [0.1, 0.15) is 5.56 Å². The van der Waals surface area contributed by atoms with Gasteiger partial charge in [-0.1, -0.05) is 53.8 Å². The van der Waals surface area contributed by atoms with Crippen LogP contribution in [0.3, 0.4) is 0 Å². The summed E-state index contributed by atoms with van der Waals surface area (Å²) in [6, 6.07) is 17.4. The van der Waals surface area contributed by atoms with Gasteiger partial charge < -0.3 is 18.8 Å². The van der Waals surface area contributed by atoms with Crippen LogP contribution in [0.4, 0.5) is 0 Å². The summed E-state index contributed by atoms with van der Waals surface area (Å²) in [4.78, 5) is 29.7. The average Bonchev–Trinajstić information content (AvgIpc) is 3.36. The number of rotatable bonds is 4. The summed E-state index contributed by atoms with van der Waals surface area (Å²) in [5, 5.41) is 2.10. The van der Waals surface area contributed by atoms with Crippen molar-refractivity contribution in [3.63, 3.8) is 0 Å². The van der Waals surface area contributed by atoms with Crippen LogP contribution in [-0.2, 0) is 27.3 Å². The zero-order valence-electron chi connectivity index (χ0n) is 16.7. The maximum atomic E-state index is 12.9. The Labute approximate surface area is 181 Å². The zero-order valence-corrected chi connectivity index (χ0v) is 17.5. The number of nitrogens with zero attached hydrogens (tertiary/aromatic N) is 2. The molecule has 0 unspecified atom stereocenters. The van der Waals surface area contributed by atoms with Crippen LogP contribution in [0, 0.1) is 0 Å². The number of thiazole rings is 1. The van der Waals surface area contributed by atoms with Crippen molar-refractivity contribution in [3.8, 4) is 11.5 Å². The number of esters is 1. The molecule has 3 aromatic carbocycles. The SMILES string of the molecule is COC(=O)Cn1c(=NC(=O)Cc2cccc3ccccc23)sc2cc3c(cc21)OCO3. The zero-order chi connectivity index (χ0) is 21.4. The van der Waals surface area contributed by atoms with Gasteiger partial charge in [0.25, 0.3) is 5.91 Å². The summed E-state index contributed by atoms with van der Waals surface area (Å²) in [7, 11) is 1.33. The molecule has 0 saturated heterocycles. The van der Waals surface area contributed by atoms with Crippen molar-refractivity contribution in [2.24, 2.45) is 4.99 Å². The van der Waals surface area contributed by atoms with Crippen molar-refractivity contribution in [1.29, 1.82) is 0 Å². The molecule has 0 atom stereocenters. The van der Waals surface area contributed by atoms with E-state index >= 15 is 0 Å². The Bertz CT molecular complexity index is 1400. The van der Waals surface area contributed by atoms with Gasteiger partial charge in [-0.25, -0.2) is 0 Å². The van der Waals surface area contributed by atoms with E-state index < -0.39 is 5.97 Å². The molecule has 0 aliphatic carbocycles. The van der Waals surface area contributed by atoms with Crippen LogP contribution in [0.2, 0.25) is 0 Å². The fourth-order valence-electron chi connectivity index (χ4n) is 3.65. The van der Waals surface area contributed by atoms with Crippen LogP contribution in [0.5, 0.6) is 11.5 Å². The Kier molecular flexibility index (Phi) is 4.91. The minimum Gasteiger partial charge on any atom is -0.468 e. The average molecular weight is 434 g/mol. The maximum absolute atomic E-state index is 12.9. The normalized spacial score (nSPS) is 13.1. The van der Waals surface area contributed by atoms with Gasteiger partial charge in [0, 0.05) is 12.1 Å². The fraction of sp³-hybridized carbons (Fsp3) is 0.174. The summed E-state index contributed by atoms with van der Waals surface area (Å²) in [6.45, 7) is 0.0981. The van der Waals surface area contributed by atoms with Gasteiger partial charge in [0.1, 0.15) is 6.54 Å². The predicted octanol–water partition coefficient (Wildman–Crippen LogP) is 3.43. The van der Waals surface area contributed by atoms with E-state index in [-0.39, 0.29) is 25.7 Å². The van der Waals surface area contributed by atoms with Crippen LogP contribution < -0.4 is 14.3 Å². The minimum absolute atomic E-state index is 0.0590. The monoisotopic (exact) mass is 434 g/mol. The third kappa shape index (κ3) is 3.66. The van der Waals surface area contributed by atoms with E-state index in [1.807, 2.05) is 48.5 Å². The highest BCUT2D eigenvalue weighted by Gasteiger charge is 2.19. The molecule has 0 saturated carbocycles. The number of fused-ring (bicyclic) bond motifs is 3. The van der Waals surface area contributed by atoms with E-state index in [4.69, 9.17) is 14.2 Å². The molecule has 0 spiro atoms. The van der Waals surface area contributed by atoms with Crippen LogP contribution >= 0.6 is 11.3 Å². The lowest BCUT2D eigenvalue weighted by atomic mass is 10.0. The number of ether oxygens (including phenoxy) is 3. The van der Waals surface area contributed by atoms with Gasteiger partial charge in [0.2, 0.25) is 6.79 Å². The molecule has 156 valence electrons. The lowest BCUT2D eigenvalue weighted by molar-refractivity contribution is -0.141. The Balaban J connectivity index is 1.57. The molecule has 31 heavy (non-hydrogen) atoms. The number of aromatic nitrogens is 1. The van der Waals surface area contributed by atoms with Gasteiger partial charge in [-0.15, -0.1) is 0 Å². The van der Waals surface area contributed by atoms with Crippen LogP contribution in [0.25, 0.3) is 21.0 Å². The van der Waals surface area contributed by atoms with E-state index in [0.29, 0.717) is 16.3 Å². The number of benzene rings is 3. The number of carbonyl (C=O) groups excluding carboxylic acids is 2. The second-order valence-electron chi connectivity index (χ2n) is 7.04. The third-order valence-electron chi connectivity index (χ3n) is 5.13. The maximum Gasteiger partial charge on any atom is 0.325 e. The number of carbonyl (C=O) groups is 2. The second kappa shape index (κ2) is 7.88. The van der Waals surface area contributed by atoms with E-state index in [9.17, 15) is 9.59 Å².